The monoisotopic (exact) mass is 234 g/mol. The van der Waals surface area contributed by atoms with Crippen molar-refractivity contribution in [2.75, 3.05) is 6.61 Å². The summed E-state index contributed by atoms with van der Waals surface area (Å²) in [6.07, 6.45) is -4.94. The van der Waals surface area contributed by atoms with Crippen LogP contribution < -0.4 is 0 Å². The van der Waals surface area contributed by atoms with E-state index in [9.17, 15) is 19.8 Å². The van der Waals surface area contributed by atoms with Crippen LogP contribution >= 0.6 is 0 Å². The summed E-state index contributed by atoms with van der Waals surface area (Å²) in [6.45, 7) is 2.16. The molecular weight excluding hydrogens is 220 g/mol. The molecule has 1 fully saturated rings. The van der Waals surface area contributed by atoms with Gasteiger partial charge in [0.2, 0.25) is 0 Å². The second-order valence-electron chi connectivity index (χ2n) is 3.44. The first-order valence-corrected chi connectivity index (χ1v) is 4.74. The maximum Gasteiger partial charge on any atom is 0.303 e. The lowest BCUT2D eigenvalue weighted by Crippen LogP contribution is -2.55. The summed E-state index contributed by atoms with van der Waals surface area (Å²) in [4.78, 5) is 21.4. The highest BCUT2D eigenvalue weighted by atomic mass is 16.7. The highest BCUT2D eigenvalue weighted by Gasteiger charge is 2.42. The summed E-state index contributed by atoms with van der Waals surface area (Å²) in [5, 5.41) is 19.0. The molecule has 1 saturated heterocycles. The maximum atomic E-state index is 10.7. The lowest BCUT2D eigenvalue weighted by atomic mass is 10.1. The molecule has 4 atom stereocenters. The average molecular weight is 234 g/mol. The fourth-order valence-corrected chi connectivity index (χ4v) is 1.40. The average Bonchev–Trinajstić information content (AvgIpc) is 2.16. The van der Waals surface area contributed by atoms with E-state index in [1.807, 2.05) is 0 Å². The molecule has 0 aromatic carbocycles. The minimum Gasteiger partial charge on any atom is -0.457 e. The fraction of sp³-hybridized carbons (Fsp3) is 0.778. The summed E-state index contributed by atoms with van der Waals surface area (Å²) in [7, 11) is 0. The Hall–Kier alpha value is -1.18. The molecule has 7 heteroatoms. The molecule has 1 aliphatic heterocycles. The number of aliphatic hydroxyl groups excluding tert-OH is 2. The van der Waals surface area contributed by atoms with Crippen LogP contribution in [0.4, 0.5) is 0 Å². The van der Waals surface area contributed by atoms with Crippen molar-refractivity contribution in [2.24, 2.45) is 0 Å². The molecule has 0 spiro atoms. The first kappa shape index (κ1) is 12.9. The molecule has 16 heavy (non-hydrogen) atoms. The summed E-state index contributed by atoms with van der Waals surface area (Å²) in [5.41, 5.74) is 0. The van der Waals surface area contributed by atoms with E-state index in [-0.39, 0.29) is 6.61 Å². The van der Waals surface area contributed by atoms with E-state index in [2.05, 4.69) is 4.74 Å². The van der Waals surface area contributed by atoms with Gasteiger partial charge in [-0.25, -0.2) is 0 Å². The summed E-state index contributed by atoms with van der Waals surface area (Å²) in [6, 6.07) is 0. The zero-order valence-electron chi connectivity index (χ0n) is 8.95. The minimum atomic E-state index is -1.43. The van der Waals surface area contributed by atoms with Crippen molar-refractivity contribution in [1.29, 1.82) is 0 Å². The highest BCUT2D eigenvalue weighted by Crippen LogP contribution is 2.19. The first-order valence-electron chi connectivity index (χ1n) is 4.74. The summed E-state index contributed by atoms with van der Waals surface area (Å²) >= 11 is 0. The van der Waals surface area contributed by atoms with Crippen molar-refractivity contribution in [1.82, 2.24) is 0 Å². The van der Waals surface area contributed by atoms with Crippen LogP contribution in [0.3, 0.4) is 0 Å². The van der Waals surface area contributed by atoms with Crippen molar-refractivity contribution in [3.63, 3.8) is 0 Å². The molecule has 7 nitrogen and oxygen atoms in total. The van der Waals surface area contributed by atoms with E-state index in [4.69, 9.17) is 9.47 Å². The van der Waals surface area contributed by atoms with Gasteiger partial charge in [0, 0.05) is 13.8 Å². The molecular formula is C9H14O7. The molecule has 1 heterocycles. The lowest BCUT2D eigenvalue weighted by Gasteiger charge is -2.36. The van der Waals surface area contributed by atoms with Gasteiger partial charge in [-0.3, -0.25) is 9.59 Å². The van der Waals surface area contributed by atoms with Crippen LogP contribution in [-0.2, 0) is 23.8 Å². The predicted molar refractivity (Wildman–Crippen MR) is 49.1 cm³/mol. The number of carbonyl (C=O) groups is 2. The van der Waals surface area contributed by atoms with Crippen molar-refractivity contribution in [3.05, 3.63) is 0 Å². The largest absolute Gasteiger partial charge is 0.457 e. The van der Waals surface area contributed by atoms with E-state index in [1.54, 1.807) is 0 Å². The van der Waals surface area contributed by atoms with Crippen LogP contribution in [0.25, 0.3) is 0 Å². The Morgan fingerprint density at radius 1 is 1.19 bits per heavy atom. The first-order chi connectivity index (χ1) is 7.41. The molecule has 92 valence electrons. The Kier molecular flexibility index (Phi) is 4.22. The van der Waals surface area contributed by atoms with E-state index in [0.717, 1.165) is 6.92 Å². The second kappa shape index (κ2) is 5.24. The van der Waals surface area contributed by atoms with Gasteiger partial charge in [-0.15, -0.1) is 0 Å². The molecule has 0 bridgehead atoms. The number of esters is 2. The van der Waals surface area contributed by atoms with Gasteiger partial charge in [-0.1, -0.05) is 0 Å². The third-order valence-electron chi connectivity index (χ3n) is 2.05. The topological polar surface area (TPSA) is 102 Å². The summed E-state index contributed by atoms with van der Waals surface area (Å²) < 4.78 is 14.2. The normalized spacial score (nSPS) is 34.2. The van der Waals surface area contributed by atoms with Gasteiger partial charge in [0.25, 0.3) is 0 Å². The molecule has 0 aromatic rings. The third kappa shape index (κ3) is 3.16. The van der Waals surface area contributed by atoms with Gasteiger partial charge in [0.15, 0.2) is 18.5 Å². The van der Waals surface area contributed by atoms with Gasteiger partial charge in [0.05, 0.1) is 6.61 Å². The van der Waals surface area contributed by atoms with Crippen LogP contribution in [0.15, 0.2) is 0 Å². The zero-order chi connectivity index (χ0) is 12.3. The number of ether oxygens (including phenoxy) is 3. The smallest absolute Gasteiger partial charge is 0.303 e. The van der Waals surface area contributed by atoms with E-state index >= 15 is 0 Å². The highest BCUT2D eigenvalue weighted by molar-refractivity contribution is 5.67. The molecule has 0 aromatic heterocycles. The Bertz CT molecular complexity index is 277. The maximum absolute atomic E-state index is 10.7. The van der Waals surface area contributed by atoms with E-state index < -0.39 is 36.5 Å². The number of carbonyl (C=O) groups excluding carboxylic acids is 2. The number of hydrogen-bond acceptors (Lipinski definition) is 7. The van der Waals surface area contributed by atoms with Crippen LogP contribution in [0.1, 0.15) is 13.8 Å². The van der Waals surface area contributed by atoms with Crippen LogP contribution in [0.5, 0.6) is 0 Å². The molecule has 1 aliphatic rings. The molecule has 1 rings (SSSR count). The fourth-order valence-electron chi connectivity index (χ4n) is 1.40. The van der Waals surface area contributed by atoms with Crippen molar-refractivity contribution < 1.29 is 34.0 Å². The van der Waals surface area contributed by atoms with Gasteiger partial charge in [-0.05, 0) is 0 Å². The molecule has 2 N–H and O–H groups in total. The lowest BCUT2D eigenvalue weighted by molar-refractivity contribution is -0.263. The molecule has 0 amide bonds. The molecule has 0 saturated carbocycles. The van der Waals surface area contributed by atoms with Crippen LogP contribution in [0, 0.1) is 0 Å². The van der Waals surface area contributed by atoms with Crippen molar-refractivity contribution in [2.45, 2.75) is 38.4 Å². The quantitative estimate of drug-likeness (QED) is 0.564. The Morgan fingerprint density at radius 3 is 2.25 bits per heavy atom. The van der Waals surface area contributed by atoms with E-state index in [0.29, 0.717) is 0 Å². The Balaban J connectivity index is 2.66. The Morgan fingerprint density at radius 2 is 1.75 bits per heavy atom. The Labute approximate surface area is 91.9 Å². The number of aliphatic hydroxyl groups is 2. The van der Waals surface area contributed by atoms with Gasteiger partial charge >= 0.3 is 11.9 Å². The van der Waals surface area contributed by atoms with Gasteiger partial charge in [-0.2, -0.15) is 0 Å². The van der Waals surface area contributed by atoms with Crippen LogP contribution in [-0.4, -0.2) is 53.4 Å². The van der Waals surface area contributed by atoms with Gasteiger partial charge < -0.3 is 24.4 Å². The molecule has 0 radical (unpaired) electrons. The molecule has 0 unspecified atom stereocenters. The van der Waals surface area contributed by atoms with Crippen LogP contribution in [0.2, 0.25) is 0 Å². The minimum absolute atomic E-state index is 0.153. The van der Waals surface area contributed by atoms with Crippen molar-refractivity contribution >= 4 is 11.9 Å². The van der Waals surface area contributed by atoms with Crippen molar-refractivity contribution in [3.8, 4) is 0 Å². The number of rotatable bonds is 2. The number of hydrogen-bond donors (Lipinski definition) is 2. The van der Waals surface area contributed by atoms with Gasteiger partial charge in [0.1, 0.15) is 6.10 Å². The zero-order valence-corrected chi connectivity index (χ0v) is 8.95. The standard InChI is InChI=1S/C9H14O7/c1-4(10)15-6-3-14-9(13)8(7(6)12)16-5(2)11/h6-9,12-13H,3H2,1-2H3/t6-,7-,8+,9+/m0/s1. The predicted octanol–water partition coefficient (Wildman–Crippen LogP) is -1.44. The second-order valence-corrected chi connectivity index (χ2v) is 3.44. The SMILES string of the molecule is CC(=O)O[C@@H]1[C@@H](O)[C@@H](OC(C)=O)CO[C@H]1O. The van der Waals surface area contributed by atoms with E-state index in [1.165, 1.54) is 6.92 Å². The molecule has 0 aliphatic carbocycles. The third-order valence-corrected chi connectivity index (χ3v) is 2.05. The summed E-state index contributed by atoms with van der Waals surface area (Å²) in [5.74, 6) is -1.26.